The topological polar surface area (TPSA) is 94.0 Å². The summed E-state index contributed by atoms with van der Waals surface area (Å²) in [5.74, 6) is 0.684. The molecule has 0 aliphatic carbocycles. The summed E-state index contributed by atoms with van der Waals surface area (Å²) in [6.45, 7) is -0.871. The van der Waals surface area contributed by atoms with Gasteiger partial charge in [-0.2, -0.15) is 13.5 Å². The molecule has 0 unspecified atom stereocenters. The van der Waals surface area contributed by atoms with Gasteiger partial charge in [-0.25, -0.2) is 4.79 Å². The number of rotatable bonds is 6. The number of amides is 2. The van der Waals surface area contributed by atoms with Crippen molar-refractivity contribution in [2.75, 3.05) is 5.32 Å². The van der Waals surface area contributed by atoms with Crippen LogP contribution in [-0.2, 0) is 6.54 Å². The molecule has 3 rings (SSSR count). The van der Waals surface area contributed by atoms with E-state index in [0.717, 1.165) is 5.56 Å². The largest absolute Gasteiger partial charge is 0.435 e. The Bertz CT molecular complexity index is 914. The fraction of sp³-hybridized carbons (Fsp3) is 0.176. The Balaban J connectivity index is 1.56. The zero-order chi connectivity index (χ0) is 19.2. The summed E-state index contributed by atoms with van der Waals surface area (Å²) in [5, 5.41) is 16.7. The Morgan fingerprint density at radius 1 is 1.22 bits per heavy atom. The van der Waals surface area contributed by atoms with Crippen LogP contribution < -0.4 is 15.4 Å². The zero-order valence-corrected chi connectivity index (χ0v) is 14.3. The number of aryl methyl sites for hydroxylation is 1. The lowest BCUT2D eigenvalue weighted by Crippen LogP contribution is -2.28. The van der Waals surface area contributed by atoms with Crippen molar-refractivity contribution in [3.05, 3.63) is 59.9 Å². The van der Waals surface area contributed by atoms with E-state index >= 15 is 0 Å². The molecule has 2 amide bonds. The number of carbonyl (C=O) groups is 1. The second-order valence-electron chi connectivity index (χ2n) is 5.52. The maximum atomic E-state index is 12.1. The van der Waals surface area contributed by atoms with Crippen molar-refractivity contribution in [1.82, 2.24) is 25.5 Å². The number of hydrogen-bond acceptors (Lipinski definition) is 5. The first-order chi connectivity index (χ1) is 13.0. The van der Waals surface area contributed by atoms with Crippen molar-refractivity contribution < 1.29 is 18.3 Å². The molecule has 27 heavy (non-hydrogen) atoms. The van der Waals surface area contributed by atoms with Gasteiger partial charge in [-0.3, -0.25) is 0 Å². The lowest BCUT2D eigenvalue weighted by molar-refractivity contribution is -0.0498. The molecule has 0 aliphatic heterocycles. The highest BCUT2D eigenvalue weighted by molar-refractivity contribution is 5.89. The van der Waals surface area contributed by atoms with Gasteiger partial charge in [0, 0.05) is 12.2 Å². The molecule has 0 spiro atoms. The van der Waals surface area contributed by atoms with Crippen LogP contribution in [0.1, 0.15) is 11.4 Å². The van der Waals surface area contributed by atoms with Crippen molar-refractivity contribution >= 4 is 11.7 Å². The van der Waals surface area contributed by atoms with Crippen LogP contribution in [0.25, 0.3) is 5.69 Å². The minimum absolute atomic E-state index is 0.0629. The van der Waals surface area contributed by atoms with Crippen LogP contribution in [0.5, 0.6) is 5.75 Å². The minimum Gasteiger partial charge on any atom is -0.435 e. The van der Waals surface area contributed by atoms with E-state index in [1.807, 2.05) is 6.07 Å². The van der Waals surface area contributed by atoms with Crippen molar-refractivity contribution in [1.29, 1.82) is 0 Å². The summed E-state index contributed by atoms with van der Waals surface area (Å²) in [5.41, 5.74) is 2.02. The monoisotopic (exact) mass is 374 g/mol. The summed E-state index contributed by atoms with van der Waals surface area (Å²) >= 11 is 0. The Kier molecular flexibility index (Phi) is 5.55. The van der Waals surface area contributed by atoms with Gasteiger partial charge in [0.05, 0.1) is 5.69 Å². The van der Waals surface area contributed by atoms with E-state index in [4.69, 9.17) is 0 Å². The number of urea groups is 1. The van der Waals surface area contributed by atoms with Crippen molar-refractivity contribution in [3.8, 4) is 11.4 Å². The SMILES string of the molecule is Cc1nnnn1-c1cccc(NC(=O)NCc2ccc(OC(F)F)cc2)c1. The third-order valence-corrected chi connectivity index (χ3v) is 3.58. The molecule has 0 radical (unpaired) electrons. The second kappa shape index (κ2) is 8.21. The number of benzene rings is 2. The quantitative estimate of drug-likeness (QED) is 0.692. The molecule has 0 saturated carbocycles. The Morgan fingerprint density at radius 3 is 2.67 bits per heavy atom. The minimum atomic E-state index is -2.87. The molecule has 0 bridgehead atoms. The van der Waals surface area contributed by atoms with Gasteiger partial charge in [-0.1, -0.05) is 18.2 Å². The number of tetrazole rings is 1. The highest BCUT2D eigenvalue weighted by atomic mass is 19.3. The molecule has 0 saturated heterocycles. The highest BCUT2D eigenvalue weighted by Crippen LogP contribution is 2.16. The van der Waals surface area contributed by atoms with Crippen LogP contribution in [0.3, 0.4) is 0 Å². The third kappa shape index (κ3) is 4.97. The third-order valence-electron chi connectivity index (χ3n) is 3.58. The van der Waals surface area contributed by atoms with E-state index < -0.39 is 12.6 Å². The highest BCUT2D eigenvalue weighted by Gasteiger charge is 2.07. The zero-order valence-electron chi connectivity index (χ0n) is 14.3. The predicted molar refractivity (Wildman–Crippen MR) is 92.8 cm³/mol. The molecule has 10 heteroatoms. The number of halogens is 2. The summed E-state index contributed by atoms with van der Waals surface area (Å²) in [4.78, 5) is 12.1. The number of alkyl halides is 2. The van der Waals surface area contributed by atoms with E-state index in [1.54, 1.807) is 41.9 Å². The smallest absolute Gasteiger partial charge is 0.387 e. The summed E-state index contributed by atoms with van der Waals surface area (Å²) in [7, 11) is 0. The average Bonchev–Trinajstić information content (AvgIpc) is 3.07. The van der Waals surface area contributed by atoms with E-state index in [9.17, 15) is 13.6 Å². The standard InChI is InChI=1S/C17H16F2N6O2/c1-11-22-23-24-25(11)14-4-2-3-13(9-14)21-17(26)20-10-12-5-7-15(8-6-12)27-16(18)19/h2-9,16H,10H2,1H3,(H2,20,21,26). The molecular weight excluding hydrogens is 358 g/mol. The Morgan fingerprint density at radius 2 is 2.00 bits per heavy atom. The van der Waals surface area contributed by atoms with Gasteiger partial charge in [-0.15, -0.1) is 5.10 Å². The van der Waals surface area contributed by atoms with Crippen LogP contribution >= 0.6 is 0 Å². The van der Waals surface area contributed by atoms with Crippen LogP contribution in [0.15, 0.2) is 48.5 Å². The summed E-state index contributed by atoms with van der Waals surface area (Å²) in [6.07, 6.45) is 0. The molecule has 1 aromatic heterocycles. The van der Waals surface area contributed by atoms with Gasteiger partial charge in [0.1, 0.15) is 5.75 Å². The second-order valence-corrected chi connectivity index (χ2v) is 5.52. The molecule has 140 valence electrons. The maximum Gasteiger partial charge on any atom is 0.387 e. The first kappa shape index (κ1) is 18.2. The average molecular weight is 374 g/mol. The Labute approximate surface area is 153 Å². The number of aromatic nitrogens is 4. The van der Waals surface area contributed by atoms with E-state index in [2.05, 4.69) is 30.9 Å². The fourth-order valence-corrected chi connectivity index (χ4v) is 2.33. The molecular formula is C17H16F2N6O2. The number of hydrogen-bond donors (Lipinski definition) is 2. The number of anilines is 1. The van der Waals surface area contributed by atoms with Crippen molar-refractivity contribution in [2.24, 2.45) is 0 Å². The van der Waals surface area contributed by atoms with Crippen molar-refractivity contribution in [2.45, 2.75) is 20.1 Å². The Hall–Kier alpha value is -3.56. The first-order valence-electron chi connectivity index (χ1n) is 7.95. The van der Waals surface area contributed by atoms with Gasteiger partial charge in [-0.05, 0) is 53.2 Å². The molecule has 2 N–H and O–H groups in total. The summed E-state index contributed by atoms with van der Waals surface area (Å²) < 4.78 is 30.1. The molecule has 8 nitrogen and oxygen atoms in total. The van der Waals surface area contributed by atoms with Crippen LogP contribution in [-0.4, -0.2) is 32.8 Å². The fourth-order valence-electron chi connectivity index (χ4n) is 2.33. The van der Waals surface area contributed by atoms with Gasteiger partial charge in [0.25, 0.3) is 0 Å². The number of nitrogens with one attached hydrogen (secondary N) is 2. The van der Waals surface area contributed by atoms with E-state index in [0.29, 0.717) is 17.2 Å². The molecule has 0 atom stereocenters. The van der Waals surface area contributed by atoms with E-state index in [-0.39, 0.29) is 12.3 Å². The van der Waals surface area contributed by atoms with Gasteiger partial charge >= 0.3 is 12.6 Å². The predicted octanol–water partition coefficient (Wildman–Crippen LogP) is 2.89. The number of carbonyl (C=O) groups excluding carboxylic acids is 1. The lowest BCUT2D eigenvalue weighted by Gasteiger charge is -2.10. The molecule has 0 aliphatic rings. The molecule has 2 aromatic carbocycles. The first-order valence-corrected chi connectivity index (χ1v) is 7.95. The molecule has 0 fully saturated rings. The van der Waals surface area contributed by atoms with Gasteiger partial charge in [0.2, 0.25) is 0 Å². The van der Waals surface area contributed by atoms with Crippen LogP contribution in [0.2, 0.25) is 0 Å². The maximum absolute atomic E-state index is 12.1. The molecule has 1 heterocycles. The van der Waals surface area contributed by atoms with Gasteiger partial charge < -0.3 is 15.4 Å². The normalized spacial score (nSPS) is 10.7. The van der Waals surface area contributed by atoms with Crippen LogP contribution in [0, 0.1) is 6.92 Å². The van der Waals surface area contributed by atoms with Gasteiger partial charge in [0.15, 0.2) is 5.82 Å². The lowest BCUT2D eigenvalue weighted by atomic mass is 10.2. The van der Waals surface area contributed by atoms with Crippen LogP contribution in [0.4, 0.5) is 19.3 Å². The van der Waals surface area contributed by atoms with Crippen molar-refractivity contribution in [3.63, 3.8) is 0 Å². The number of ether oxygens (including phenoxy) is 1. The van der Waals surface area contributed by atoms with E-state index in [1.165, 1.54) is 12.1 Å². The summed E-state index contributed by atoms with van der Waals surface area (Å²) in [6, 6.07) is 12.7. The molecule has 3 aromatic rings. The number of nitrogens with zero attached hydrogens (tertiary/aromatic N) is 4.